The van der Waals surface area contributed by atoms with E-state index >= 15 is 0 Å². The van der Waals surface area contributed by atoms with Gasteiger partial charge in [-0.3, -0.25) is 4.98 Å². The van der Waals surface area contributed by atoms with Gasteiger partial charge in [0.05, 0.1) is 24.4 Å². The number of methoxy groups -OCH3 is 1. The number of rotatable bonds is 1. The average Bonchev–Trinajstić information content (AvgIpc) is 2.27. The van der Waals surface area contributed by atoms with Crippen LogP contribution in [0.1, 0.15) is 10.4 Å². The Morgan fingerprint density at radius 1 is 1.47 bits per heavy atom. The molecule has 4 nitrogen and oxygen atoms in total. The van der Waals surface area contributed by atoms with Crippen LogP contribution >= 0.6 is 0 Å². The zero-order chi connectivity index (χ0) is 10.8. The van der Waals surface area contributed by atoms with Gasteiger partial charge >= 0.3 is 5.97 Å². The predicted molar refractivity (Wildman–Crippen MR) is 54.7 cm³/mol. The number of pyridine rings is 1. The van der Waals surface area contributed by atoms with Gasteiger partial charge in [0.2, 0.25) is 0 Å². The van der Waals surface area contributed by atoms with Crippen molar-refractivity contribution in [2.75, 3.05) is 7.11 Å². The molecule has 1 aromatic heterocycles. The monoisotopic (exact) mass is 203 g/mol. The van der Waals surface area contributed by atoms with E-state index in [0.717, 1.165) is 0 Å². The van der Waals surface area contributed by atoms with E-state index in [-0.39, 0.29) is 5.75 Å². The molecular formula is C11H9NO3. The molecule has 76 valence electrons. The molecule has 0 aliphatic carbocycles. The van der Waals surface area contributed by atoms with Crippen molar-refractivity contribution in [2.24, 2.45) is 0 Å². The summed E-state index contributed by atoms with van der Waals surface area (Å²) in [6, 6.07) is 6.61. The van der Waals surface area contributed by atoms with Gasteiger partial charge in [0.15, 0.2) is 0 Å². The fraction of sp³-hybridized carbons (Fsp3) is 0.0909. The molecule has 0 saturated heterocycles. The molecule has 0 amide bonds. The van der Waals surface area contributed by atoms with Crippen LogP contribution in [0.5, 0.6) is 5.75 Å². The molecule has 1 heterocycles. The Hall–Kier alpha value is -2.10. The van der Waals surface area contributed by atoms with Gasteiger partial charge in [-0.25, -0.2) is 4.79 Å². The van der Waals surface area contributed by atoms with Crippen molar-refractivity contribution in [3.63, 3.8) is 0 Å². The predicted octanol–water partition coefficient (Wildman–Crippen LogP) is 1.73. The van der Waals surface area contributed by atoms with E-state index < -0.39 is 5.97 Å². The molecule has 15 heavy (non-hydrogen) atoms. The highest BCUT2D eigenvalue weighted by atomic mass is 16.5. The fourth-order valence-corrected chi connectivity index (χ4v) is 1.43. The Labute approximate surface area is 86.1 Å². The highest BCUT2D eigenvalue weighted by Gasteiger charge is 2.10. The second-order valence-electron chi connectivity index (χ2n) is 3.06. The first-order valence-corrected chi connectivity index (χ1v) is 4.38. The largest absolute Gasteiger partial charge is 0.506 e. The van der Waals surface area contributed by atoms with Gasteiger partial charge < -0.3 is 9.84 Å². The van der Waals surface area contributed by atoms with Crippen molar-refractivity contribution in [1.29, 1.82) is 0 Å². The number of carbonyl (C=O) groups excluding carboxylic acids is 1. The van der Waals surface area contributed by atoms with Crippen molar-refractivity contribution in [1.82, 2.24) is 4.98 Å². The first-order chi connectivity index (χ1) is 7.22. The normalized spacial score (nSPS) is 10.2. The molecule has 4 heteroatoms. The third-order valence-electron chi connectivity index (χ3n) is 2.12. The van der Waals surface area contributed by atoms with E-state index in [1.165, 1.54) is 19.4 Å². The number of aromatic hydroxyl groups is 1. The fourth-order valence-electron chi connectivity index (χ4n) is 1.43. The molecule has 2 aromatic rings. The molecule has 0 aliphatic rings. The maximum atomic E-state index is 11.4. The zero-order valence-corrected chi connectivity index (χ0v) is 8.10. The molecule has 0 atom stereocenters. The summed E-state index contributed by atoms with van der Waals surface area (Å²) in [5.41, 5.74) is 1.05. The van der Waals surface area contributed by atoms with Gasteiger partial charge in [-0.1, -0.05) is 6.07 Å². The van der Waals surface area contributed by atoms with Crippen molar-refractivity contribution < 1.29 is 14.6 Å². The molecule has 0 radical (unpaired) electrons. The lowest BCUT2D eigenvalue weighted by atomic mass is 10.1. The summed E-state index contributed by atoms with van der Waals surface area (Å²) in [5.74, 6) is -0.410. The third kappa shape index (κ3) is 1.61. The van der Waals surface area contributed by atoms with E-state index in [2.05, 4.69) is 9.72 Å². The SMILES string of the molecule is COC(=O)c1cccc2ncc(O)cc12. The summed E-state index contributed by atoms with van der Waals surface area (Å²) in [7, 11) is 1.32. The number of ether oxygens (including phenoxy) is 1. The molecular weight excluding hydrogens is 194 g/mol. The standard InChI is InChI=1S/C11H9NO3/c1-15-11(14)8-3-2-4-10-9(8)5-7(13)6-12-10/h2-6,13H,1H3. The second kappa shape index (κ2) is 3.57. The van der Waals surface area contributed by atoms with Crippen LogP contribution in [0.2, 0.25) is 0 Å². The lowest BCUT2D eigenvalue weighted by Gasteiger charge is -2.03. The topological polar surface area (TPSA) is 59.4 Å². The number of hydrogen-bond donors (Lipinski definition) is 1. The summed E-state index contributed by atoms with van der Waals surface area (Å²) in [6.07, 6.45) is 1.34. The van der Waals surface area contributed by atoms with Gasteiger partial charge in [-0.05, 0) is 18.2 Å². The van der Waals surface area contributed by atoms with E-state index in [4.69, 9.17) is 0 Å². The number of benzene rings is 1. The van der Waals surface area contributed by atoms with Crippen LogP contribution in [0.15, 0.2) is 30.5 Å². The third-order valence-corrected chi connectivity index (χ3v) is 2.12. The van der Waals surface area contributed by atoms with Gasteiger partial charge in [0, 0.05) is 5.39 Å². The first kappa shape index (κ1) is 9.45. The van der Waals surface area contributed by atoms with E-state index in [9.17, 15) is 9.90 Å². The molecule has 0 unspecified atom stereocenters. The van der Waals surface area contributed by atoms with Crippen LogP contribution in [0.3, 0.4) is 0 Å². The van der Waals surface area contributed by atoms with E-state index in [1.54, 1.807) is 18.2 Å². The van der Waals surface area contributed by atoms with Gasteiger partial charge in [0.1, 0.15) is 5.75 Å². The van der Waals surface area contributed by atoms with Crippen LogP contribution in [-0.4, -0.2) is 23.2 Å². The average molecular weight is 203 g/mol. The first-order valence-electron chi connectivity index (χ1n) is 4.38. The van der Waals surface area contributed by atoms with Gasteiger partial charge in [0.25, 0.3) is 0 Å². The summed E-state index contributed by atoms with van der Waals surface area (Å²) < 4.78 is 4.64. The summed E-state index contributed by atoms with van der Waals surface area (Å²) >= 11 is 0. The van der Waals surface area contributed by atoms with Crippen LogP contribution in [-0.2, 0) is 4.74 Å². The van der Waals surface area contributed by atoms with Crippen molar-refractivity contribution >= 4 is 16.9 Å². The Morgan fingerprint density at radius 3 is 3.00 bits per heavy atom. The molecule has 0 bridgehead atoms. The molecule has 1 aromatic carbocycles. The van der Waals surface area contributed by atoms with Crippen LogP contribution < -0.4 is 0 Å². The van der Waals surface area contributed by atoms with Crippen LogP contribution in [0.25, 0.3) is 10.9 Å². The second-order valence-corrected chi connectivity index (χ2v) is 3.06. The number of hydrogen-bond acceptors (Lipinski definition) is 4. The molecule has 0 spiro atoms. The maximum Gasteiger partial charge on any atom is 0.338 e. The quantitative estimate of drug-likeness (QED) is 0.717. The number of esters is 1. The van der Waals surface area contributed by atoms with Crippen LogP contribution in [0, 0.1) is 0 Å². The minimum absolute atomic E-state index is 0.0267. The highest BCUT2D eigenvalue weighted by Crippen LogP contribution is 2.21. The van der Waals surface area contributed by atoms with Gasteiger partial charge in [-0.2, -0.15) is 0 Å². The number of aromatic nitrogens is 1. The van der Waals surface area contributed by atoms with E-state index in [1.807, 2.05) is 0 Å². The Bertz CT molecular complexity index is 522. The smallest absolute Gasteiger partial charge is 0.338 e. The number of fused-ring (bicyclic) bond motifs is 1. The molecule has 1 N–H and O–H groups in total. The summed E-state index contributed by atoms with van der Waals surface area (Å²) in [6.45, 7) is 0. The summed E-state index contributed by atoms with van der Waals surface area (Å²) in [5, 5.41) is 9.88. The van der Waals surface area contributed by atoms with Crippen LogP contribution in [0.4, 0.5) is 0 Å². The Morgan fingerprint density at radius 2 is 2.27 bits per heavy atom. The number of nitrogens with zero attached hydrogens (tertiary/aromatic N) is 1. The molecule has 0 fully saturated rings. The van der Waals surface area contributed by atoms with Gasteiger partial charge in [-0.15, -0.1) is 0 Å². The van der Waals surface area contributed by atoms with Crippen molar-refractivity contribution in [2.45, 2.75) is 0 Å². The lowest BCUT2D eigenvalue weighted by Crippen LogP contribution is -2.02. The molecule has 0 aliphatic heterocycles. The zero-order valence-electron chi connectivity index (χ0n) is 8.10. The Balaban J connectivity index is 2.74. The highest BCUT2D eigenvalue weighted by molar-refractivity contribution is 6.03. The minimum atomic E-state index is -0.437. The molecule has 2 rings (SSSR count). The lowest BCUT2D eigenvalue weighted by molar-refractivity contribution is 0.0603. The maximum absolute atomic E-state index is 11.4. The minimum Gasteiger partial charge on any atom is -0.506 e. The number of carbonyl (C=O) groups is 1. The summed E-state index contributed by atoms with van der Waals surface area (Å²) in [4.78, 5) is 15.4. The van der Waals surface area contributed by atoms with Crippen molar-refractivity contribution in [3.8, 4) is 5.75 Å². The van der Waals surface area contributed by atoms with Crippen molar-refractivity contribution in [3.05, 3.63) is 36.0 Å². The Kier molecular flexibility index (Phi) is 2.25. The molecule has 0 saturated carbocycles. The van der Waals surface area contributed by atoms with E-state index in [0.29, 0.717) is 16.5 Å².